The standard InChI is InChI=1S/C22H26N2O4S/c1-14(2)16-8-4-7-15(3)20(16)23-19(25)13-28-22(27)17-9-5-11-24(17)21(26)18-10-6-12-29-18/h4,6-8,10,12,14,17H,5,9,11,13H2,1-3H3,(H,23,25). The number of carbonyl (C=O) groups excluding carboxylic acids is 3. The molecule has 7 heteroatoms. The van der Waals surface area contributed by atoms with E-state index in [0.717, 1.165) is 23.2 Å². The first-order valence-corrected chi connectivity index (χ1v) is 10.7. The van der Waals surface area contributed by atoms with Crippen LogP contribution in [0.3, 0.4) is 0 Å². The van der Waals surface area contributed by atoms with E-state index >= 15 is 0 Å². The highest BCUT2D eigenvalue weighted by Gasteiger charge is 2.36. The summed E-state index contributed by atoms with van der Waals surface area (Å²) in [5, 5.41) is 4.70. The number of rotatable bonds is 6. The number of para-hydroxylation sites is 1. The second-order valence-corrected chi connectivity index (χ2v) is 8.43. The Balaban J connectivity index is 1.59. The zero-order valence-corrected chi connectivity index (χ0v) is 17.8. The average Bonchev–Trinajstić information content (AvgIpc) is 3.39. The summed E-state index contributed by atoms with van der Waals surface area (Å²) in [5.41, 5.74) is 2.76. The van der Waals surface area contributed by atoms with Gasteiger partial charge in [0.05, 0.1) is 4.88 Å². The molecule has 0 saturated carbocycles. The first kappa shape index (κ1) is 21.0. The quantitative estimate of drug-likeness (QED) is 0.726. The summed E-state index contributed by atoms with van der Waals surface area (Å²) >= 11 is 1.35. The van der Waals surface area contributed by atoms with E-state index in [2.05, 4.69) is 19.2 Å². The molecule has 29 heavy (non-hydrogen) atoms. The van der Waals surface area contributed by atoms with E-state index in [4.69, 9.17) is 4.74 Å². The van der Waals surface area contributed by atoms with Crippen molar-refractivity contribution in [3.8, 4) is 0 Å². The van der Waals surface area contributed by atoms with Gasteiger partial charge in [0.1, 0.15) is 6.04 Å². The molecule has 2 amide bonds. The fraction of sp³-hybridized carbons (Fsp3) is 0.409. The Morgan fingerprint density at radius 2 is 2.03 bits per heavy atom. The van der Waals surface area contributed by atoms with Crippen molar-refractivity contribution in [2.45, 2.75) is 45.6 Å². The van der Waals surface area contributed by atoms with E-state index in [1.807, 2.05) is 36.6 Å². The lowest BCUT2D eigenvalue weighted by molar-refractivity contribution is -0.151. The Kier molecular flexibility index (Phi) is 6.69. The number of benzene rings is 1. The number of nitrogens with zero attached hydrogens (tertiary/aromatic N) is 1. The molecule has 1 aliphatic heterocycles. The van der Waals surface area contributed by atoms with Crippen molar-refractivity contribution in [1.82, 2.24) is 4.90 Å². The molecular weight excluding hydrogens is 388 g/mol. The van der Waals surface area contributed by atoms with Crippen LogP contribution in [0.4, 0.5) is 5.69 Å². The summed E-state index contributed by atoms with van der Waals surface area (Å²) in [6.45, 7) is 6.19. The molecule has 3 rings (SSSR count). The molecule has 0 radical (unpaired) electrons. The van der Waals surface area contributed by atoms with Crippen molar-refractivity contribution in [2.75, 3.05) is 18.5 Å². The number of hydrogen-bond donors (Lipinski definition) is 1. The van der Waals surface area contributed by atoms with Crippen molar-refractivity contribution < 1.29 is 19.1 Å². The van der Waals surface area contributed by atoms with Gasteiger partial charge in [-0.1, -0.05) is 38.1 Å². The first-order valence-electron chi connectivity index (χ1n) is 9.79. The normalized spacial score (nSPS) is 16.1. The van der Waals surface area contributed by atoms with E-state index in [1.54, 1.807) is 11.0 Å². The van der Waals surface area contributed by atoms with Gasteiger partial charge in [0.15, 0.2) is 6.61 Å². The summed E-state index contributed by atoms with van der Waals surface area (Å²) in [6, 6.07) is 8.78. The van der Waals surface area contributed by atoms with Crippen molar-refractivity contribution >= 4 is 34.8 Å². The highest BCUT2D eigenvalue weighted by Crippen LogP contribution is 2.27. The van der Waals surface area contributed by atoms with Gasteiger partial charge in [-0.15, -0.1) is 11.3 Å². The van der Waals surface area contributed by atoms with E-state index in [9.17, 15) is 14.4 Å². The molecule has 1 aliphatic rings. The second-order valence-electron chi connectivity index (χ2n) is 7.48. The summed E-state index contributed by atoms with van der Waals surface area (Å²) in [4.78, 5) is 39.7. The number of carbonyl (C=O) groups is 3. The molecule has 1 unspecified atom stereocenters. The topological polar surface area (TPSA) is 75.7 Å². The highest BCUT2D eigenvalue weighted by molar-refractivity contribution is 7.12. The van der Waals surface area contributed by atoms with Gasteiger partial charge in [0, 0.05) is 12.2 Å². The number of anilines is 1. The molecule has 2 heterocycles. The third-order valence-corrected chi connectivity index (χ3v) is 5.91. The zero-order valence-electron chi connectivity index (χ0n) is 16.9. The third kappa shape index (κ3) is 4.85. The van der Waals surface area contributed by atoms with Gasteiger partial charge >= 0.3 is 5.97 Å². The van der Waals surface area contributed by atoms with Gasteiger partial charge in [-0.25, -0.2) is 4.79 Å². The molecule has 2 aromatic rings. The number of hydrogen-bond acceptors (Lipinski definition) is 5. The lowest BCUT2D eigenvalue weighted by Crippen LogP contribution is -2.41. The fourth-order valence-electron chi connectivity index (χ4n) is 3.55. The van der Waals surface area contributed by atoms with Crippen molar-refractivity contribution in [3.05, 3.63) is 51.7 Å². The van der Waals surface area contributed by atoms with Gasteiger partial charge in [0.2, 0.25) is 0 Å². The van der Waals surface area contributed by atoms with Crippen LogP contribution in [-0.4, -0.2) is 41.9 Å². The minimum atomic E-state index is -0.637. The van der Waals surface area contributed by atoms with Gasteiger partial charge in [-0.3, -0.25) is 9.59 Å². The molecule has 1 atom stereocenters. The predicted octanol–water partition coefficient (Wildman–Crippen LogP) is 3.97. The van der Waals surface area contributed by atoms with Crippen LogP contribution in [0.5, 0.6) is 0 Å². The number of nitrogens with one attached hydrogen (secondary N) is 1. The zero-order chi connectivity index (χ0) is 21.0. The summed E-state index contributed by atoms with van der Waals surface area (Å²) in [7, 11) is 0. The van der Waals surface area contributed by atoms with Crippen LogP contribution in [0.25, 0.3) is 0 Å². The maximum Gasteiger partial charge on any atom is 0.329 e. The second kappa shape index (κ2) is 9.22. The molecular formula is C22H26N2O4S. The van der Waals surface area contributed by atoms with Crippen LogP contribution >= 0.6 is 11.3 Å². The Morgan fingerprint density at radius 1 is 1.24 bits per heavy atom. The molecule has 1 N–H and O–H groups in total. The molecule has 1 aromatic carbocycles. The van der Waals surface area contributed by atoms with Crippen LogP contribution in [0.1, 0.15) is 53.4 Å². The van der Waals surface area contributed by atoms with Crippen LogP contribution in [0, 0.1) is 6.92 Å². The SMILES string of the molecule is Cc1cccc(C(C)C)c1NC(=O)COC(=O)C1CCCN1C(=O)c1cccs1. The summed E-state index contributed by atoms with van der Waals surface area (Å²) in [6.07, 6.45) is 1.29. The van der Waals surface area contributed by atoms with Gasteiger partial charge in [-0.05, 0) is 48.3 Å². The lowest BCUT2D eigenvalue weighted by Gasteiger charge is -2.22. The Labute approximate surface area is 174 Å². The molecule has 0 bridgehead atoms. The van der Waals surface area contributed by atoms with Gasteiger partial charge in [-0.2, -0.15) is 0 Å². The maximum absolute atomic E-state index is 12.6. The highest BCUT2D eigenvalue weighted by atomic mass is 32.1. The average molecular weight is 415 g/mol. The molecule has 154 valence electrons. The lowest BCUT2D eigenvalue weighted by atomic mass is 9.98. The summed E-state index contributed by atoms with van der Waals surface area (Å²) < 4.78 is 5.26. The van der Waals surface area contributed by atoms with Gasteiger partial charge < -0.3 is 15.0 Å². The van der Waals surface area contributed by atoms with E-state index in [-0.39, 0.29) is 24.3 Å². The summed E-state index contributed by atoms with van der Waals surface area (Å²) in [5.74, 6) is -0.825. The number of ether oxygens (including phenoxy) is 1. The minimum Gasteiger partial charge on any atom is -0.454 e. The predicted molar refractivity (Wildman–Crippen MR) is 113 cm³/mol. The molecule has 6 nitrogen and oxygen atoms in total. The smallest absolute Gasteiger partial charge is 0.329 e. The van der Waals surface area contributed by atoms with Crippen LogP contribution < -0.4 is 5.32 Å². The number of esters is 1. The first-order chi connectivity index (χ1) is 13.9. The Hall–Kier alpha value is -2.67. The number of thiophene rings is 1. The van der Waals surface area contributed by atoms with Crippen molar-refractivity contribution in [1.29, 1.82) is 0 Å². The molecule has 1 fully saturated rings. The molecule has 0 spiro atoms. The van der Waals surface area contributed by atoms with E-state index < -0.39 is 12.0 Å². The van der Waals surface area contributed by atoms with Crippen LogP contribution in [0.2, 0.25) is 0 Å². The third-order valence-electron chi connectivity index (χ3n) is 5.05. The number of amides is 2. The van der Waals surface area contributed by atoms with Crippen molar-refractivity contribution in [2.24, 2.45) is 0 Å². The van der Waals surface area contributed by atoms with Crippen molar-refractivity contribution in [3.63, 3.8) is 0 Å². The van der Waals surface area contributed by atoms with Gasteiger partial charge in [0.25, 0.3) is 11.8 Å². The molecule has 1 saturated heterocycles. The van der Waals surface area contributed by atoms with E-state index in [0.29, 0.717) is 17.8 Å². The van der Waals surface area contributed by atoms with Crippen LogP contribution in [-0.2, 0) is 14.3 Å². The Bertz CT molecular complexity index is 892. The monoisotopic (exact) mass is 414 g/mol. The van der Waals surface area contributed by atoms with Crippen LogP contribution in [0.15, 0.2) is 35.7 Å². The minimum absolute atomic E-state index is 0.162. The Morgan fingerprint density at radius 3 is 2.72 bits per heavy atom. The number of likely N-dealkylation sites (tertiary alicyclic amines) is 1. The van der Waals surface area contributed by atoms with E-state index in [1.165, 1.54) is 11.3 Å². The molecule has 0 aliphatic carbocycles. The number of aryl methyl sites for hydroxylation is 1. The fourth-order valence-corrected chi connectivity index (χ4v) is 4.23. The largest absolute Gasteiger partial charge is 0.454 e. The maximum atomic E-state index is 12.6. The molecule has 1 aromatic heterocycles.